The van der Waals surface area contributed by atoms with Gasteiger partial charge in [0.2, 0.25) is 0 Å². The fourth-order valence-corrected chi connectivity index (χ4v) is 2.53. The molecular weight excluding hydrogens is 467 g/mol. The second kappa shape index (κ2) is 12.2. The first-order valence-electron chi connectivity index (χ1n) is 9.12. The van der Waals surface area contributed by atoms with Crippen LogP contribution in [-0.2, 0) is 0 Å². The maximum Gasteiger partial charge on any atom is 0.251 e. The van der Waals surface area contributed by atoms with Crippen LogP contribution in [0.5, 0.6) is 5.75 Å². The second-order valence-corrected chi connectivity index (χ2v) is 6.31. The number of carbonyl (C=O) groups is 1. The summed E-state index contributed by atoms with van der Waals surface area (Å²) >= 11 is 0. The Bertz CT molecular complexity index is 778. The van der Waals surface area contributed by atoms with Crippen molar-refractivity contribution >= 4 is 41.5 Å². The number of methoxy groups -OCH3 is 1. The molecule has 0 saturated heterocycles. The van der Waals surface area contributed by atoms with Gasteiger partial charge in [-0.1, -0.05) is 32.0 Å². The minimum atomic E-state index is -0.170. The van der Waals surface area contributed by atoms with Gasteiger partial charge in [0.15, 0.2) is 5.96 Å². The van der Waals surface area contributed by atoms with Gasteiger partial charge < -0.3 is 21.1 Å². The molecule has 6 nitrogen and oxygen atoms in total. The van der Waals surface area contributed by atoms with Crippen LogP contribution in [0.3, 0.4) is 0 Å². The predicted molar refractivity (Wildman–Crippen MR) is 126 cm³/mol. The number of guanidine groups is 1. The number of carbonyl (C=O) groups excluding carboxylic acids is 1. The number of nitrogens with zero attached hydrogens (tertiary/aromatic N) is 1. The number of nitrogens with one attached hydrogen (secondary N) is 2. The summed E-state index contributed by atoms with van der Waals surface area (Å²) < 4.78 is 5.12. The summed E-state index contributed by atoms with van der Waals surface area (Å²) in [6.07, 6.45) is 1.11. The molecule has 0 heterocycles. The van der Waals surface area contributed by atoms with Crippen molar-refractivity contribution in [2.75, 3.05) is 25.5 Å². The molecule has 1 amide bonds. The molecule has 1 atom stereocenters. The first-order valence-corrected chi connectivity index (χ1v) is 9.12. The van der Waals surface area contributed by atoms with Gasteiger partial charge in [-0.15, -0.1) is 24.0 Å². The normalized spacial score (nSPS) is 11.9. The molecule has 0 aliphatic carbocycles. The number of benzene rings is 2. The third-order valence-corrected chi connectivity index (χ3v) is 4.38. The zero-order valence-corrected chi connectivity index (χ0v) is 18.9. The Kier molecular flexibility index (Phi) is 10.4. The standard InChI is InChI=1S/C21H28N4O2.HI/c1-4-15(2)16-8-10-18(11-9-16)25-21(22)24-13-12-23-20(26)17-6-5-7-19(14-17)27-3;/h5-11,14-15H,4,12-13H2,1-3H3,(H,23,26)(H3,22,24,25);1H. The van der Waals surface area contributed by atoms with Gasteiger partial charge in [-0.2, -0.15) is 0 Å². The van der Waals surface area contributed by atoms with E-state index in [0.29, 0.717) is 36.3 Å². The number of hydrogen-bond acceptors (Lipinski definition) is 3. The van der Waals surface area contributed by atoms with E-state index < -0.39 is 0 Å². The maximum absolute atomic E-state index is 12.1. The smallest absolute Gasteiger partial charge is 0.251 e. The van der Waals surface area contributed by atoms with Crippen molar-refractivity contribution in [2.45, 2.75) is 26.2 Å². The Morgan fingerprint density at radius 2 is 1.93 bits per heavy atom. The number of halogens is 1. The summed E-state index contributed by atoms with van der Waals surface area (Å²) in [6.45, 7) is 5.16. The number of anilines is 1. The molecule has 0 fully saturated rings. The lowest BCUT2D eigenvalue weighted by Gasteiger charge is -2.11. The lowest BCUT2D eigenvalue weighted by molar-refractivity contribution is 0.0954. The van der Waals surface area contributed by atoms with E-state index in [9.17, 15) is 4.79 Å². The molecule has 7 heteroatoms. The lowest BCUT2D eigenvalue weighted by Crippen LogP contribution is -2.28. The molecule has 0 bridgehead atoms. The fourth-order valence-electron chi connectivity index (χ4n) is 2.53. The zero-order valence-electron chi connectivity index (χ0n) is 16.6. The van der Waals surface area contributed by atoms with Crippen molar-refractivity contribution < 1.29 is 9.53 Å². The van der Waals surface area contributed by atoms with Gasteiger partial charge in [0.1, 0.15) is 5.75 Å². The highest BCUT2D eigenvalue weighted by atomic mass is 127. The lowest BCUT2D eigenvalue weighted by atomic mass is 9.99. The Hall–Kier alpha value is -2.29. The molecule has 0 aliphatic rings. The SMILES string of the molecule is CCC(C)c1ccc(NC(N)=NCCNC(=O)c2cccc(OC)c2)cc1.I. The molecule has 0 spiro atoms. The first-order chi connectivity index (χ1) is 13.0. The summed E-state index contributed by atoms with van der Waals surface area (Å²) in [5.41, 5.74) is 8.65. The Morgan fingerprint density at radius 1 is 1.21 bits per heavy atom. The summed E-state index contributed by atoms with van der Waals surface area (Å²) in [7, 11) is 1.57. The third kappa shape index (κ3) is 7.38. The second-order valence-electron chi connectivity index (χ2n) is 6.31. The molecule has 0 saturated carbocycles. The molecule has 2 rings (SSSR count). The van der Waals surface area contributed by atoms with Gasteiger partial charge >= 0.3 is 0 Å². The molecule has 0 radical (unpaired) electrons. The molecule has 28 heavy (non-hydrogen) atoms. The minimum absolute atomic E-state index is 0. The average molecular weight is 496 g/mol. The molecule has 152 valence electrons. The number of rotatable bonds is 8. The molecule has 4 N–H and O–H groups in total. The highest BCUT2D eigenvalue weighted by Crippen LogP contribution is 2.20. The van der Waals surface area contributed by atoms with E-state index >= 15 is 0 Å². The van der Waals surface area contributed by atoms with Crippen LogP contribution in [0.4, 0.5) is 5.69 Å². The van der Waals surface area contributed by atoms with Crippen LogP contribution in [0.1, 0.15) is 42.1 Å². The Balaban J connectivity index is 0.00000392. The summed E-state index contributed by atoms with van der Waals surface area (Å²) in [5.74, 6) is 1.34. The van der Waals surface area contributed by atoms with Crippen molar-refractivity contribution in [3.63, 3.8) is 0 Å². The van der Waals surface area contributed by atoms with Crippen LogP contribution >= 0.6 is 24.0 Å². The summed E-state index contributed by atoms with van der Waals surface area (Å²) in [4.78, 5) is 16.3. The van der Waals surface area contributed by atoms with E-state index in [1.54, 1.807) is 31.4 Å². The van der Waals surface area contributed by atoms with E-state index in [1.807, 2.05) is 12.1 Å². The number of aliphatic imine (C=N–C) groups is 1. The predicted octanol–water partition coefficient (Wildman–Crippen LogP) is 3.98. The highest BCUT2D eigenvalue weighted by Gasteiger charge is 2.06. The third-order valence-electron chi connectivity index (χ3n) is 4.38. The van der Waals surface area contributed by atoms with Crippen LogP contribution in [0.15, 0.2) is 53.5 Å². The maximum atomic E-state index is 12.1. The van der Waals surface area contributed by atoms with Crippen molar-refractivity contribution in [3.8, 4) is 5.75 Å². The molecular formula is C21H29IN4O2. The fraction of sp³-hybridized carbons (Fsp3) is 0.333. The highest BCUT2D eigenvalue weighted by molar-refractivity contribution is 14.0. The van der Waals surface area contributed by atoms with E-state index in [0.717, 1.165) is 12.1 Å². The van der Waals surface area contributed by atoms with Gasteiger partial charge in [-0.3, -0.25) is 9.79 Å². The van der Waals surface area contributed by atoms with Crippen LogP contribution in [0.25, 0.3) is 0 Å². The van der Waals surface area contributed by atoms with Crippen molar-refractivity contribution in [2.24, 2.45) is 10.7 Å². The number of ether oxygens (including phenoxy) is 1. The van der Waals surface area contributed by atoms with Gasteiger partial charge in [-0.05, 0) is 48.2 Å². The van der Waals surface area contributed by atoms with Crippen LogP contribution in [-0.4, -0.2) is 32.1 Å². The van der Waals surface area contributed by atoms with E-state index in [4.69, 9.17) is 10.5 Å². The van der Waals surface area contributed by atoms with Crippen LogP contribution in [0.2, 0.25) is 0 Å². The topological polar surface area (TPSA) is 88.7 Å². The minimum Gasteiger partial charge on any atom is -0.497 e. The van der Waals surface area contributed by atoms with Crippen LogP contribution < -0.4 is 21.1 Å². The first kappa shape index (κ1) is 23.7. The van der Waals surface area contributed by atoms with Crippen molar-refractivity contribution in [1.82, 2.24) is 5.32 Å². The largest absolute Gasteiger partial charge is 0.497 e. The van der Waals surface area contributed by atoms with E-state index in [2.05, 4.69) is 41.6 Å². The number of nitrogens with two attached hydrogens (primary N) is 1. The Labute approximate surface area is 184 Å². The van der Waals surface area contributed by atoms with Gasteiger partial charge in [0.25, 0.3) is 5.91 Å². The van der Waals surface area contributed by atoms with Crippen molar-refractivity contribution in [3.05, 3.63) is 59.7 Å². The van der Waals surface area contributed by atoms with Gasteiger partial charge in [0.05, 0.1) is 13.7 Å². The summed E-state index contributed by atoms with van der Waals surface area (Å²) in [6, 6.07) is 15.2. The quantitative estimate of drug-likeness (QED) is 0.223. The number of amides is 1. The molecule has 2 aromatic rings. The summed E-state index contributed by atoms with van der Waals surface area (Å²) in [5, 5.41) is 5.87. The Morgan fingerprint density at radius 3 is 2.57 bits per heavy atom. The average Bonchev–Trinajstić information content (AvgIpc) is 2.71. The zero-order chi connectivity index (χ0) is 19.6. The monoisotopic (exact) mass is 496 g/mol. The van der Waals surface area contributed by atoms with E-state index in [1.165, 1.54) is 5.56 Å². The number of hydrogen-bond donors (Lipinski definition) is 3. The van der Waals surface area contributed by atoms with E-state index in [-0.39, 0.29) is 29.9 Å². The van der Waals surface area contributed by atoms with Crippen LogP contribution in [0, 0.1) is 0 Å². The van der Waals surface area contributed by atoms with Crippen molar-refractivity contribution in [1.29, 1.82) is 0 Å². The molecule has 2 aromatic carbocycles. The van der Waals surface area contributed by atoms with Gasteiger partial charge in [0, 0.05) is 17.8 Å². The van der Waals surface area contributed by atoms with Gasteiger partial charge in [-0.25, -0.2) is 0 Å². The molecule has 0 aliphatic heterocycles. The molecule has 1 unspecified atom stereocenters. The molecule has 0 aromatic heterocycles.